The number of nitrogens with two attached hydrogens (primary N) is 1. The van der Waals surface area contributed by atoms with E-state index in [-0.39, 0.29) is 11.6 Å². The van der Waals surface area contributed by atoms with Crippen LogP contribution < -0.4 is 11.3 Å². The summed E-state index contributed by atoms with van der Waals surface area (Å²) in [6.07, 6.45) is 5.55. The highest BCUT2D eigenvalue weighted by molar-refractivity contribution is 5.30. The molecule has 3 nitrogen and oxygen atoms in total. The topological polar surface area (TPSA) is 47.3 Å². The summed E-state index contributed by atoms with van der Waals surface area (Å²) in [4.78, 5) is 0. The second-order valence-electron chi connectivity index (χ2n) is 5.93. The molecular weight excluding hydrogens is 236 g/mol. The number of hydrazine groups is 1. The van der Waals surface area contributed by atoms with Crippen molar-refractivity contribution in [1.82, 2.24) is 5.43 Å². The Kier molecular flexibility index (Phi) is 4.61. The number of methoxy groups -OCH3 is 1. The highest BCUT2D eigenvalue weighted by atomic mass is 16.5. The lowest BCUT2D eigenvalue weighted by Crippen LogP contribution is -2.48. The normalized spacial score (nSPS) is 18.9. The second kappa shape index (κ2) is 6.04. The first-order valence-corrected chi connectivity index (χ1v) is 7.16. The van der Waals surface area contributed by atoms with Crippen LogP contribution in [0.5, 0.6) is 0 Å². The first kappa shape index (κ1) is 14.5. The Morgan fingerprint density at radius 3 is 2.53 bits per heavy atom. The van der Waals surface area contributed by atoms with E-state index in [0.717, 1.165) is 25.7 Å². The highest BCUT2D eigenvalue weighted by Crippen LogP contribution is 2.39. The van der Waals surface area contributed by atoms with Crippen LogP contribution in [0.25, 0.3) is 0 Å². The van der Waals surface area contributed by atoms with Crippen molar-refractivity contribution in [2.45, 2.75) is 57.6 Å². The Hall–Kier alpha value is -0.900. The van der Waals surface area contributed by atoms with Crippen LogP contribution in [0.1, 0.15) is 42.4 Å². The molecule has 0 amide bonds. The van der Waals surface area contributed by atoms with E-state index in [2.05, 4.69) is 37.5 Å². The lowest BCUT2D eigenvalue weighted by Gasteiger charge is -2.42. The van der Waals surface area contributed by atoms with Crippen molar-refractivity contribution in [1.29, 1.82) is 0 Å². The number of aryl methyl sites for hydroxylation is 2. The monoisotopic (exact) mass is 262 g/mol. The molecule has 3 heteroatoms. The van der Waals surface area contributed by atoms with Crippen molar-refractivity contribution in [2.24, 2.45) is 5.84 Å². The van der Waals surface area contributed by atoms with Crippen molar-refractivity contribution in [3.63, 3.8) is 0 Å². The van der Waals surface area contributed by atoms with Gasteiger partial charge in [0.15, 0.2) is 0 Å². The molecule has 0 spiro atoms. The van der Waals surface area contributed by atoms with Crippen LogP contribution in [0.4, 0.5) is 0 Å². The molecule has 3 N–H and O–H groups in total. The Bertz CT molecular complexity index is 421. The summed E-state index contributed by atoms with van der Waals surface area (Å²) >= 11 is 0. The molecule has 19 heavy (non-hydrogen) atoms. The van der Waals surface area contributed by atoms with E-state index in [1.807, 2.05) is 7.11 Å². The molecule has 1 atom stereocenters. The van der Waals surface area contributed by atoms with Crippen LogP contribution >= 0.6 is 0 Å². The van der Waals surface area contributed by atoms with Crippen LogP contribution in [0.15, 0.2) is 18.2 Å². The zero-order valence-electron chi connectivity index (χ0n) is 12.3. The molecular formula is C16H26N2O. The molecule has 0 heterocycles. The van der Waals surface area contributed by atoms with Crippen molar-refractivity contribution < 1.29 is 4.74 Å². The van der Waals surface area contributed by atoms with Gasteiger partial charge in [-0.25, -0.2) is 0 Å². The Balaban J connectivity index is 2.00. The fraction of sp³-hybridized carbons (Fsp3) is 0.625. The van der Waals surface area contributed by atoms with Gasteiger partial charge in [0, 0.05) is 13.2 Å². The largest absolute Gasteiger partial charge is 0.378 e. The molecule has 1 unspecified atom stereocenters. The van der Waals surface area contributed by atoms with E-state index >= 15 is 0 Å². The van der Waals surface area contributed by atoms with Gasteiger partial charge in [0.25, 0.3) is 0 Å². The van der Waals surface area contributed by atoms with Gasteiger partial charge in [-0.1, -0.05) is 18.2 Å². The van der Waals surface area contributed by atoms with E-state index in [0.29, 0.717) is 0 Å². The predicted molar refractivity (Wildman–Crippen MR) is 78.9 cm³/mol. The third kappa shape index (κ3) is 3.35. The second-order valence-corrected chi connectivity index (χ2v) is 5.93. The molecule has 1 aromatic rings. The van der Waals surface area contributed by atoms with E-state index < -0.39 is 0 Å². The molecule has 0 aromatic heterocycles. The van der Waals surface area contributed by atoms with Crippen molar-refractivity contribution in [3.8, 4) is 0 Å². The van der Waals surface area contributed by atoms with E-state index in [9.17, 15) is 0 Å². The first-order chi connectivity index (χ1) is 9.08. The van der Waals surface area contributed by atoms with Gasteiger partial charge >= 0.3 is 0 Å². The number of benzene rings is 1. The molecule has 1 aliphatic rings. The molecule has 0 aliphatic heterocycles. The quantitative estimate of drug-likeness (QED) is 0.612. The van der Waals surface area contributed by atoms with Crippen LogP contribution in [-0.4, -0.2) is 18.8 Å². The standard InChI is InChI=1S/C16H26N2O/c1-12-5-6-14(9-13(12)2)10-15(18-17)11-16(19-3)7-4-8-16/h5-6,9,15,18H,4,7-8,10-11,17H2,1-3H3. The lowest BCUT2D eigenvalue weighted by atomic mass is 9.75. The zero-order valence-corrected chi connectivity index (χ0v) is 12.3. The van der Waals surface area contributed by atoms with Gasteiger partial charge in [0.05, 0.1) is 5.60 Å². The van der Waals surface area contributed by atoms with Crippen molar-refractivity contribution >= 4 is 0 Å². The maximum atomic E-state index is 5.72. The van der Waals surface area contributed by atoms with Gasteiger partial charge in [0.1, 0.15) is 0 Å². The van der Waals surface area contributed by atoms with Crippen LogP contribution in [0, 0.1) is 13.8 Å². The number of ether oxygens (including phenoxy) is 1. The lowest BCUT2D eigenvalue weighted by molar-refractivity contribution is -0.0834. The van der Waals surface area contributed by atoms with Gasteiger partial charge in [-0.15, -0.1) is 0 Å². The number of hydrogen-bond acceptors (Lipinski definition) is 3. The summed E-state index contributed by atoms with van der Waals surface area (Å²) in [7, 11) is 1.82. The van der Waals surface area contributed by atoms with Gasteiger partial charge < -0.3 is 4.74 Å². The fourth-order valence-corrected chi connectivity index (χ4v) is 2.92. The van der Waals surface area contributed by atoms with Crippen LogP contribution in [0.2, 0.25) is 0 Å². The summed E-state index contributed by atoms with van der Waals surface area (Å²) in [6.45, 7) is 4.30. The summed E-state index contributed by atoms with van der Waals surface area (Å²) in [5.74, 6) is 5.72. The molecule has 0 saturated heterocycles. The van der Waals surface area contributed by atoms with Gasteiger partial charge in [-0.2, -0.15) is 0 Å². The van der Waals surface area contributed by atoms with E-state index in [1.54, 1.807) is 0 Å². The maximum Gasteiger partial charge on any atom is 0.0694 e. The molecule has 1 aromatic carbocycles. The van der Waals surface area contributed by atoms with Crippen molar-refractivity contribution in [3.05, 3.63) is 34.9 Å². The SMILES string of the molecule is COC1(CC(Cc2ccc(C)c(C)c2)NN)CCC1. The number of nitrogens with one attached hydrogen (secondary N) is 1. The zero-order chi connectivity index (χ0) is 13.9. The summed E-state index contributed by atoms with van der Waals surface area (Å²) in [5.41, 5.74) is 7.06. The molecule has 2 rings (SSSR count). The summed E-state index contributed by atoms with van der Waals surface area (Å²) in [5, 5.41) is 0. The minimum atomic E-state index is 0.0662. The predicted octanol–water partition coefficient (Wildman–Crippen LogP) is 2.64. The fourth-order valence-electron chi connectivity index (χ4n) is 2.92. The third-order valence-electron chi connectivity index (χ3n) is 4.61. The van der Waals surface area contributed by atoms with Gasteiger partial charge in [0.2, 0.25) is 0 Å². The van der Waals surface area contributed by atoms with Gasteiger partial charge in [-0.3, -0.25) is 11.3 Å². The van der Waals surface area contributed by atoms with Gasteiger partial charge in [-0.05, 0) is 62.6 Å². The first-order valence-electron chi connectivity index (χ1n) is 7.16. The Morgan fingerprint density at radius 1 is 1.32 bits per heavy atom. The third-order valence-corrected chi connectivity index (χ3v) is 4.61. The molecule has 0 bridgehead atoms. The summed E-state index contributed by atoms with van der Waals surface area (Å²) in [6, 6.07) is 6.93. The smallest absolute Gasteiger partial charge is 0.0694 e. The molecule has 1 fully saturated rings. The summed E-state index contributed by atoms with van der Waals surface area (Å²) < 4.78 is 5.69. The molecule has 0 radical (unpaired) electrons. The van der Waals surface area contributed by atoms with Crippen LogP contribution in [-0.2, 0) is 11.2 Å². The number of rotatable bonds is 6. The minimum absolute atomic E-state index is 0.0662. The average molecular weight is 262 g/mol. The van der Waals surface area contributed by atoms with E-state index in [4.69, 9.17) is 10.6 Å². The molecule has 1 saturated carbocycles. The minimum Gasteiger partial charge on any atom is -0.378 e. The maximum absolute atomic E-state index is 5.72. The number of hydrogen-bond donors (Lipinski definition) is 2. The van der Waals surface area contributed by atoms with Crippen LogP contribution in [0.3, 0.4) is 0 Å². The Morgan fingerprint density at radius 2 is 2.05 bits per heavy atom. The molecule has 106 valence electrons. The van der Waals surface area contributed by atoms with Crippen molar-refractivity contribution in [2.75, 3.05) is 7.11 Å². The Labute approximate surface area is 116 Å². The molecule has 1 aliphatic carbocycles. The van der Waals surface area contributed by atoms with E-state index in [1.165, 1.54) is 23.1 Å². The highest BCUT2D eigenvalue weighted by Gasteiger charge is 2.38. The average Bonchev–Trinajstić information content (AvgIpc) is 2.36.